The number of aliphatic hydroxyl groups is 1. The Kier molecular flexibility index (Phi) is 7.22. The molecule has 0 saturated heterocycles. The molecule has 1 rings (SSSR count). The molecule has 1 aromatic rings. The highest BCUT2D eigenvalue weighted by Crippen LogP contribution is 2.21. The van der Waals surface area contributed by atoms with Crippen LogP contribution in [0.2, 0.25) is 0 Å². The van der Waals surface area contributed by atoms with Gasteiger partial charge in [-0.1, -0.05) is 12.1 Å². The molecule has 0 aliphatic rings. The summed E-state index contributed by atoms with van der Waals surface area (Å²) in [5.74, 6) is 0.0447. The largest absolute Gasteiger partial charge is 0.435 e. The average Bonchev–Trinajstić information content (AvgIpc) is 2.43. The van der Waals surface area contributed by atoms with Crippen molar-refractivity contribution < 1.29 is 23.4 Å². The lowest BCUT2D eigenvalue weighted by Gasteiger charge is -2.29. The van der Waals surface area contributed by atoms with Crippen LogP contribution in [0.15, 0.2) is 24.3 Å². The predicted molar refractivity (Wildman–Crippen MR) is 83.5 cm³/mol. The van der Waals surface area contributed by atoms with Crippen LogP contribution in [0, 0.1) is 0 Å². The summed E-state index contributed by atoms with van der Waals surface area (Å²) >= 11 is 0. The molecule has 130 valence electrons. The van der Waals surface area contributed by atoms with Gasteiger partial charge in [0.05, 0.1) is 12.1 Å². The number of carbonyl (C=O) groups is 1. The first-order valence-corrected chi connectivity index (χ1v) is 7.50. The number of alkyl halides is 2. The second kappa shape index (κ2) is 8.67. The second-order valence-corrected chi connectivity index (χ2v) is 5.72. The van der Waals surface area contributed by atoms with E-state index in [2.05, 4.69) is 10.1 Å². The maximum Gasteiger partial charge on any atom is 0.387 e. The van der Waals surface area contributed by atoms with E-state index in [4.69, 9.17) is 0 Å². The van der Waals surface area contributed by atoms with Crippen molar-refractivity contribution >= 4 is 6.03 Å². The van der Waals surface area contributed by atoms with Gasteiger partial charge < -0.3 is 20.1 Å². The van der Waals surface area contributed by atoms with E-state index in [-0.39, 0.29) is 30.4 Å². The standard InChI is InChI=1S/C16H24F2N2O3/c1-10(2)20(9-11(3)21)16(22)19-12(4)13-6-5-7-14(8-13)23-15(17)18/h5-8,10-12,15,21H,9H2,1-4H3,(H,19,22). The minimum absolute atomic E-state index is 0.0447. The molecule has 0 fully saturated rings. The summed E-state index contributed by atoms with van der Waals surface area (Å²) in [6.45, 7) is 4.38. The molecule has 0 heterocycles. The molecule has 1 aromatic carbocycles. The normalized spacial score (nSPS) is 13.8. The summed E-state index contributed by atoms with van der Waals surface area (Å²) < 4.78 is 28.9. The molecule has 0 bridgehead atoms. The minimum atomic E-state index is -2.89. The van der Waals surface area contributed by atoms with Gasteiger partial charge in [-0.15, -0.1) is 0 Å². The van der Waals surface area contributed by atoms with Crippen LogP contribution in [0.3, 0.4) is 0 Å². The molecular formula is C16H24F2N2O3. The van der Waals surface area contributed by atoms with Crippen molar-refractivity contribution in [2.45, 2.75) is 52.5 Å². The maximum atomic E-state index is 12.3. The van der Waals surface area contributed by atoms with Crippen LogP contribution in [0.25, 0.3) is 0 Å². The van der Waals surface area contributed by atoms with Gasteiger partial charge in [-0.25, -0.2) is 4.79 Å². The van der Waals surface area contributed by atoms with Gasteiger partial charge in [-0.05, 0) is 45.4 Å². The van der Waals surface area contributed by atoms with Gasteiger partial charge >= 0.3 is 12.6 Å². The van der Waals surface area contributed by atoms with E-state index in [1.165, 1.54) is 17.0 Å². The Labute approximate surface area is 135 Å². The lowest BCUT2D eigenvalue weighted by atomic mass is 10.1. The van der Waals surface area contributed by atoms with E-state index >= 15 is 0 Å². The highest BCUT2D eigenvalue weighted by atomic mass is 19.3. The van der Waals surface area contributed by atoms with Crippen molar-refractivity contribution in [3.05, 3.63) is 29.8 Å². The number of amides is 2. The van der Waals surface area contributed by atoms with E-state index in [1.54, 1.807) is 26.0 Å². The first kappa shape index (κ1) is 19.2. The predicted octanol–water partition coefficient (Wildman–Crippen LogP) is 3.15. The lowest BCUT2D eigenvalue weighted by Crippen LogP contribution is -2.47. The van der Waals surface area contributed by atoms with E-state index in [0.717, 1.165) is 0 Å². The molecule has 23 heavy (non-hydrogen) atoms. The number of nitrogens with one attached hydrogen (secondary N) is 1. The molecule has 0 spiro atoms. The highest BCUT2D eigenvalue weighted by Gasteiger charge is 2.21. The molecule has 0 aromatic heterocycles. The zero-order valence-corrected chi connectivity index (χ0v) is 13.8. The highest BCUT2D eigenvalue weighted by molar-refractivity contribution is 5.75. The number of benzene rings is 1. The molecule has 0 radical (unpaired) electrons. The Morgan fingerprint density at radius 3 is 2.48 bits per heavy atom. The van der Waals surface area contributed by atoms with Crippen molar-refractivity contribution in [3.63, 3.8) is 0 Å². The fourth-order valence-electron chi connectivity index (χ4n) is 2.12. The Hall–Kier alpha value is -1.89. The Morgan fingerprint density at radius 1 is 1.30 bits per heavy atom. The summed E-state index contributed by atoms with van der Waals surface area (Å²) in [6.07, 6.45) is -0.638. The van der Waals surface area contributed by atoms with E-state index < -0.39 is 12.7 Å². The first-order chi connectivity index (χ1) is 10.7. The topological polar surface area (TPSA) is 61.8 Å². The van der Waals surface area contributed by atoms with Gasteiger partial charge in [0, 0.05) is 12.6 Å². The van der Waals surface area contributed by atoms with Crippen LogP contribution in [0.1, 0.15) is 39.3 Å². The number of hydrogen-bond acceptors (Lipinski definition) is 3. The number of rotatable bonds is 7. The van der Waals surface area contributed by atoms with Crippen LogP contribution in [0.5, 0.6) is 5.75 Å². The minimum Gasteiger partial charge on any atom is -0.435 e. The van der Waals surface area contributed by atoms with Crippen molar-refractivity contribution in [2.24, 2.45) is 0 Å². The molecule has 2 unspecified atom stereocenters. The number of hydrogen-bond donors (Lipinski definition) is 2. The van der Waals surface area contributed by atoms with E-state index in [0.29, 0.717) is 5.56 Å². The Balaban J connectivity index is 2.77. The van der Waals surface area contributed by atoms with Crippen LogP contribution < -0.4 is 10.1 Å². The maximum absolute atomic E-state index is 12.3. The zero-order chi connectivity index (χ0) is 17.6. The van der Waals surface area contributed by atoms with Gasteiger partial charge in [-0.3, -0.25) is 0 Å². The second-order valence-electron chi connectivity index (χ2n) is 5.72. The molecular weight excluding hydrogens is 306 g/mol. The van der Waals surface area contributed by atoms with Crippen molar-refractivity contribution in [3.8, 4) is 5.75 Å². The number of carbonyl (C=O) groups excluding carboxylic acids is 1. The summed E-state index contributed by atoms with van der Waals surface area (Å²) in [6, 6.07) is 5.41. The van der Waals surface area contributed by atoms with Crippen molar-refractivity contribution in [1.82, 2.24) is 10.2 Å². The van der Waals surface area contributed by atoms with Crippen LogP contribution in [-0.2, 0) is 0 Å². The van der Waals surface area contributed by atoms with Crippen LogP contribution >= 0.6 is 0 Å². The first-order valence-electron chi connectivity index (χ1n) is 7.50. The monoisotopic (exact) mass is 330 g/mol. The number of urea groups is 1. The Bertz CT molecular complexity index is 510. The quantitative estimate of drug-likeness (QED) is 0.807. The Morgan fingerprint density at radius 2 is 1.96 bits per heavy atom. The fraction of sp³-hybridized carbons (Fsp3) is 0.562. The van der Waals surface area contributed by atoms with Gasteiger partial charge in [0.15, 0.2) is 0 Å². The summed E-state index contributed by atoms with van der Waals surface area (Å²) in [7, 11) is 0. The van der Waals surface area contributed by atoms with Gasteiger partial charge in [0.1, 0.15) is 5.75 Å². The molecule has 5 nitrogen and oxygen atoms in total. The van der Waals surface area contributed by atoms with Gasteiger partial charge in [-0.2, -0.15) is 8.78 Å². The third kappa shape index (κ3) is 6.40. The zero-order valence-electron chi connectivity index (χ0n) is 13.8. The lowest BCUT2D eigenvalue weighted by molar-refractivity contribution is -0.0499. The van der Waals surface area contributed by atoms with E-state index in [9.17, 15) is 18.7 Å². The summed E-state index contributed by atoms with van der Waals surface area (Å²) in [5.41, 5.74) is 0.650. The molecule has 2 amide bonds. The smallest absolute Gasteiger partial charge is 0.387 e. The number of ether oxygens (including phenoxy) is 1. The molecule has 2 atom stereocenters. The molecule has 7 heteroatoms. The van der Waals surface area contributed by atoms with Gasteiger partial charge in [0.25, 0.3) is 0 Å². The number of aliphatic hydroxyl groups excluding tert-OH is 1. The van der Waals surface area contributed by atoms with E-state index in [1.807, 2.05) is 13.8 Å². The summed E-state index contributed by atoms with van der Waals surface area (Å²) in [4.78, 5) is 13.8. The molecule has 0 aliphatic heterocycles. The third-order valence-corrected chi connectivity index (χ3v) is 3.27. The number of halogens is 2. The number of nitrogens with zero attached hydrogens (tertiary/aromatic N) is 1. The summed E-state index contributed by atoms with van der Waals surface area (Å²) in [5, 5.41) is 12.3. The molecule has 0 aliphatic carbocycles. The van der Waals surface area contributed by atoms with Crippen molar-refractivity contribution in [1.29, 1.82) is 0 Å². The van der Waals surface area contributed by atoms with Crippen molar-refractivity contribution in [2.75, 3.05) is 6.54 Å². The van der Waals surface area contributed by atoms with Crippen LogP contribution in [0.4, 0.5) is 13.6 Å². The molecule has 2 N–H and O–H groups in total. The average molecular weight is 330 g/mol. The molecule has 0 saturated carbocycles. The SMILES string of the molecule is CC(O)CN(C(=O)NC(C)c1cccc(OC(F)F)c1)C(C)C. The third-order valence-electron chi connectivity index (χ3n) is 3.27. The van der Waals surface area contributed by atoms with Crippen LogP contribution in [-0.4, -0.2) is 41.3 Å². The fourth-order valence-corrected chi connectivity index (χ4v) is 2.12. The van der Waals surface area contributed by atoms with Gasteiger partial charge in [0.2, 0.25) is 0 Å².